The maximum Gasteiger partial charge on any atom is 0.151 e. The quantitative estimate of drug-likeness (QED) is 0.756. The van der Waals surface area contributed by atoms with Crippen LogP contribution in [0.3, 0.4) is 0 Å². The summed E-state index contributed by atoms with van der Waals surface area (Å²) in [6, 6.07) is 1.95. The van der Waals surface area contributed by atoms with Gasteiger partial charge in [0, 0.05) is 5.69 Å². The van der Waals surface area contributed by atoms with Gasteiger partial charge in [-0.25, -0.2) is 0 Å². The van der Waals surface area contributed by atoms with Gasteiger partial charge in [-0.2, -0.15) is 5.10 Å². The highest BCUT2D eigenvalue weighted by Gasteiger charge is 2.02. The Balaban J connectivity index is 2.85. The number of rotatable bonds is 2. The molecule has 3 nitrogen and oxygen atoms in total. The maximum atomic E-state index is 10.7. The van der Waals surface area contributed by atoms with E-state index in [1.807, 2.05) is 13.0 Å². The minimum absolute atomic E-state index is 0.132. The van der Waals surface area contributed by atoms with Crippen LogP contribution in [-0.4, -0.2) is 15.6 Å². The van der Waals surface area contributed by atoms with E-state index in [4.69, 9.17) is 0 Å². The van der Waals surface area contributed by atoms with Crippen molar-refractivity contribution in [2.75, 3.05) is 0 Å². The van der Waals surface area contributed by atoms with Crippen LogP contribution in [0.1, 0.15) is 12.6 Å². The number of aryl methyl sites for hydroxylation is 1. The molecule has 0 N–H and O–H groups in total. The van der Waals surface area contributed by atoms with E-state index in [-0.39, 0.29) is 5.78 Å². The lowest BCUT2D eigenvalue weighted by Gasteiger charge is -1.98. The molecule has 0 radical (unpaired) electrons. The molecule has 0 bridgehead atoms. The Labute approximate surface area is 78.9 Å². The summed E-state index contributed by atoms with van der Waals surface area (Å²) in [5.41, 5.74) is 1.03. The molecule has 0 aliphatic rings. The van der Waals surface area contributed by atoms with Gasteiger partial charge in [-0.15, -0.1) is 0 Å². The number of aromatic nitrogens is 2. The zero-order chi connectivity index (χ0) is 8.43. The van der Waals surface area contributed by atoms with Crippen molar-refractivity contribution in [3.8, 4) is 0 Å². The van der Waals surface area contributed by atoms with Gasteiger partial charge >= 0.3 is 0 Å². The van der Waals surface area contributed by atoms with Crippen LogP contribution >= 0.6 is 22.6 Å². The summed E-state index contributed by atoms with van der Waals surface area (Å²) in [5, 5.41) is 4.13. The third kappa shape index (κ3) is 2.28. The molecule has 1 rings (SSSR count). The van der Waals surface area contributed by atoms with Crippen LogP contribution in [0.4, 0.5) is 0 Å². The van der Waals surface area contributed by atoms with E-state index in [0.717, 1.165) is 9.39 Å². The van der Waals surface area contributed by atoms with Crippen molar-refractivity contribution in [1.29, 1.82) is 0 Å². The van der Waals surface area contributed by atoms with Gasteiger partial charge in [0.15, 0.2) is 5.78 Å². The lowest BCUT2D eigenvalue weighted by Crippen LogP contribution is -2.09. The number of nitrogens with zero attached hydrogens (tertiary/aromatic N) is 2. The first kappa shape index (κ1) is 8.70. The summed E-state index contributed by atoms with van der Waals surface area (Å²) >= 11 is 2.13. The van der Waals surface area contributed by atoms with Gasteiger partial charge in [0.2, 0.25) is 0 Å². The molecule has 0 aliphatic carbocycles. The highest BCUT2D eigenvalue weighted by atomic mass is 127. The number of carbonyl (C=O) groups excluding carboxylic acids is 1. The van der Waals surface area contributed by atoms with Gasteiger partial charge in [-0.05, 0) is 42.5 Å². The number of halogens is 1. The van der Waals surface area contributed by atoms with Crippen molar-refractivity contribution in [1.82, 2.24) is 9.78 Å². The summed E-state index contributed by atoms with van der Waals surface area (Å²) in [6.45, 7) is 3.89. The summed E-state index contributed by atoms with van der Waals surface area (Å²) in [4.78, 5) is 10.7. The number of carbonyl (C=O) groups is 1. The largest absolute Gasteiger partial charge is 0.298 e. The van der Waals surface area contributed by atoms with Crippen LogP contribution in [0.2, 0.25) is 0 Å². The lowest BCUT2D eigenvalue weighted by atomic mass is 10.4. The molecule has 0 spiro atoms. The van der Waals surface area contributed by atoms with E-state index in [2.05, 4.69) is 27.7 Å². The topological polar surface area (TPSA) is 34.9 Å². The van der Waals surface area contributed by atoms with Crippen LogP contribution in [0.15, 0.2) is 6.07 Å². The monoisotopic (exact) mass is 264 g/mol. The Morgan fingerprint density at radius 3 is 2.82 bits per heavy atom. The molecule has 0 saturated carbocycles. The molecule has 60 valence electrons. The van der Waals surface area contributed by atoms with E-state index >= 15 is 0 Å². The van der Waals surface area contributed by atoms with Gasteiger partial charge in [0.25, 0.3) is 0 Å². The smallest absolute Gasteiger partial charge is 0.151 e. The summed E-state index contributed by atoms with van der Waals surface area (Å²) in [5.74, 6) is 0.132. The second kappa shape index (κ2) is 3.34. The van der Waals surface area contributed by atoms with Gasteiger partial charge in [-0.1, -0.05) is 0 Å². The third-order valence-electron chi connectivity index (χ3n) is 1.32. The maximum absolute atomic E-state index is 10.7. The van der Waals surface area contributed by atoms with Gasteiger partial charge in [0.05, 0.1) is 6.54 Å². The number of Topliss-reactive ketones (excluding diaryl/α,β-unsaturated/α-hetero) is 1. The summed E-state index contributed by atoms with van der Waals surface area (Å²) in [7, 11) is 0. The fraction of sp³-hybridized carbons (Fsp3) is 0.429. The average molecular weight is 264 g/mol. The van der Waals surface area contributed by atoms with E-state index in [0.29, 0.717) is 6.54 Å². The Kier molecular flexibility index (Phi) is 2.64. The zero-order valence-electron chi connectivity index (χ0n) is 6.47. The Morgan fingerprint density at radius 1 is 1.82 bits per heavy atom. The third-order valence-corrected chi connectivity index (χ3v) is 1.85. The van der Waals surface area contributed by atoms with E-state index in [9.17, 15) is 4.79 Å². The van der Waals surface area contributed by atoms with E-state index < -0.39 is 0 Å². The molecule has 0 unspecified atom stereocenters. The molecule has 0 aliphatic heterocycles. The first-order valence-corrected chi connectivity index (χ1v) is 4.37. The number of hydrogen-bond donors (Lipinski definition) is 0. The van der Waals surface area contributed by atoms with Crippen molar-refractivity contribution < 1.29 is 4.79 Å². The predicted octanol–water partition coefficient (Wildman–Crippen LogP) is 1.39. The molecule has 4 heteroatoms. The highest BCUT2D eigenvalue weighted by molar-refractivity contribution is 14.1. The predicted molar refractivity (Wildman–Crippen MR) is 50.4 cm³/mol. The molecule has 0 atom stereocenters. The molecule has 0 saturated heterocycles. The second-order valence-corrected chi connectivity index (χ2v) is 3.57. The summed E-state index contributed by atoms with van der Waals surface area (Å²) in [6.07, 6.45) is 0. The second-order valence-electron chi connectivity index (χ2n) is 2.47. The van der Waals surface area contributed by atoms with Crippen molar-refractivity contribution in [3.05, 3.63) is 15.5 Å². The first-order chi connectivity index (χ1) is 5.09. The fourth-order valence-electron chi connectivity index (χ4n) is 0.841. The van der Waals surface area contributed by atoms with Crippen LogP contribution < -0.4 is 0 Å². The zero-order valence-corrected chi connectivity index (χ0v) is 8.62. The molecule has 11 heavy (non-hydrogen) atoms. The average Bonchev–Trinajstić information content (AvgIpc) is 2.09. The van der Waals surface area contributed by atoms with Gasteiger partial charge < -0.3 is 0 Å². The normalized spacial score (nSPS) is 10.1. The lowest BCUT2D eigenvalue weighted by molar-refractivity contribution is -0.117. The van der Waals surface area contributed by atoms with Crippen molar-refractivity contribution in [2.45, 2.75) is 20.4 Å². The number of ketones is 1. The molecule has 0 amide bonds. The van der Waals surface area contributed by atoms with Gasteiger partial charge in [0.1, 0.15) is 3.70 Å². The van der Waals surface area contributed by atoms with Crippen LogP contribution in [-0.2, 0) is 11.3 Å². The van der Waals surface area contributed by atoms with E-state index in [1.165, 1.54) is 0 Å². The molecule has 0 fully saturated rings. The van der Waals surface area contributed by atoms with Crippen LogP contribution in [0.25, 0.3) is 0 Å². The van der Waals surface area contributed by atoms with Crippen molar-refractivity contribution in [3.63, 3.8) is 0 Å². The molecule has 0 aromatic carbocycles. The van der Waals surface area contributed by atoms with Crippen LogP contribution in [0, 0.1) is 10.6 Å². The molecular formula is C7H9IN2O. The minimum Gasteiger partial charge on any atom is -0.298 e. The minimum atomic E-state index is 0.132. The SMILES string of the molecule is CC(=O)Cn1nc(I)cc1C. The Morgan fingerprint density at radius 2 is 2.45 bits per heavy atom. The summed E-state index contributed by atoms with van der Waals surface area (Å²) < 4.78 is 2.64. The van der Waals surface area contributed by atoms with Gasteiger partial charge in [-0.3, -0.25) is 9.48 Å². The van der Waals surface area contributed by atoms with Crippen LogP contribution in [0.5, 0.6) is 0 Å². The highest BCUT2D eigenvalue weighted by Crippen LogP contribution is 2.05. The number of hydrogen-bond acceptors (Lipinski definition) is 2. The van der Waals surface area contributed by atoms with E-state index in [1.54, 1.807) is 11.6 Å². The standard InChI is InChI=1S/C7H9IN2O/c1-5-3-7(8)9-10(5)4-6(2)11/h3H,4H2,1-2H3. The Hall–Kier alpha value is -0.390. The van der Waals surface area contributed by atoms with Crippen molar-refractivity contribution in [2.24, 2.45) is 0 Å². The molecular weight excluding hydrogens is 255 g/mol. The molecule has 1 aromatic heterocycles. The Bertz CT molecular complexity index is 280. The fourth-order valence-corrected chi connectivity index (χ4v) is 1.55. The first-order valence-electron chi connectivity index (χ1n) is 3.29. The van der Waals surface area contributed by atoms with Crippen molar-refractivity contribution >= 4 is 28.4 Å². The molecule has 1 heterocycles. The molecule has 1 aromatic rings.